The minimum absolute atomic E-state index is 0.0224. The van der Waals surface area contributed by atoms with E-state index >= 15 is 0 Å². The molecule has 1 N–H and O–H groups in total. The Kier molecular flexibility index (Phi) is 4.72. The Bertz CT molecular complexity index is 1010. The number of hydrogen-bond acceptors (Lipinski definition) is 5. The largest absolute Gasteiger partial charge is 0.396 e. The number of likely N-dealkylation sites (tertiary alicyclic amines) is 1. The van der Waals surface area contributed by atoms with Gasteiger partial charge in [0.05, 0.1) is 12.1 Å². The Morgan fingerprint density at radius 1 is 1.00 bits per heavy atom. The summed E-state index contributed by atoms with van der Waals surface area (Å²) in [5.74, 6) is 1.79. The average Bonchev–Trinajstić information content (AvgIpc) is 2.79. The fourth-order valence-corrected chi connectivity index (χ4v) is 5.23. The number of likely N-dealkylation sites (N-methyl/N-ethyl adjacent to an activating group) is 1. The second-order valence-electron chi connectivity index (χ2n) is 8.57. The van der Waals surface area contributed by atoms with Crippen LogP contribution in [0.4, 0.5) is 5.82 Å². The van der Waals surface area contributed by atoms with Gasteiger partial charge in [-0.05, 0) is 45.0 Å². The van der Waals surface area contributed by atoms with Gasteiger partial charge >= 0.3 is 0 Å². The van der Waals surface area contributed by atoms with E-state index in [1.807, 2.05) is 24.3 Å². The Hall–Kier alpha value is -2.50. The molecule has 2 atom stereocenters. The zero-order valence-corrected chi connectivity index (χ0v) is 17.0. The molecule has 0 spiro atoms. The lowest BCUT2D eigenvalue weighted by Gasteiger charge is -2.53. The molecule has 3 heterocycles. The normalized spacial score (nSPS) is 25.2. The first-order chi connectivity index (χ1) is 14.2. The number of piperidine rings is 2. The maximum absolute atomic E-state index is 10.2. The van der Waals surface area contributed by atoms with Crippen LogP contribution in [0.1, 0.15) is 19.3 Å². The van der Waals surface area contributed by atoms with Gasteiger partial charge in [-0.3, -0.25) is 0 Å². The van der Waals surface area contributed by atoms with Crippen LogP contribution in [0.3, 0.4) is 0 Å². The summed E-state index contributed by atoms with van der Waals surface area (Å²) in [5.41, 5.74) is 2.04. The molecule has 2 fully saturated rings. The van der Waals surface area contributed by atoms with Crippen LogP contribution in [0.2, 0.25) is 0 Å². The van der Waals surface area contributed by atoms with Gasteiger partial charge in [-0.25, -0.2) is 9.97 Å². The molecule has 5 rings (SSSR count). The van der Waals surface area contributed by atoms with Gasteiger partial charge in [-0.15, -0.1) is 0 Å². The Morgan fingerprint density at radius 2 is 1.79 bits per heavy atom. The molecule has 150 valence electrons. The van der Waals surface area contributed by atoms with Gasteiger partial charge in [0.25, 0.3) is 0 Å². The Balaban J connectivity index is 1.58. The van der Waals surface area contributed by atoms with Gasteiger partial charge in [0.2, 0.25) is 0 Å². The summed E-state index contributed by atoms with van der Waals surface area (Å²) in [6.45, 7) is 3.18. The molecule has 0 bridgehead atoms. The van der Waals surface area contributed by atoms with Crippen LogP contribution in [0.15, 0.2) is 54.6 Å². The summed E-state index contributed by atoms with van der Waals surface area (Å²) in [7, 11) is 2.20. The van der Waals surface area contributed by atoms with E-state index in [-0.39, 0.29) is 12.0 Å². The minimum atomic E-state index is 0.0224. The third-order valence-corrected chi connectivity index (χ3v) is 6.93. The number of rotatable bonds is 3. The van der Waals surface area contributed by atoms with E-state index < -0.39 is 0 Å². The summed E-state index contributed by atoms with van der Waals surface area (Å²) >= 11 is 0. The number of aromatic nitrogens is 2. The van der Waals surface area contributed by atoms with E-state index in [0.717, 1.165) is 60.6 Å². The molecule has 0 saturated carbocycles. The molecular weight excluding hydrogens is 360 g/mol. The molecule has 1 aromatic heterocycles. The number of hydrogen-bond donors (Lipinski definition) is 1. The third kappa shape index (κ3) is 3.18. The SMILES string of the molecule is CN1CCC[C@]2(CO)CCN(c3nc(-c4ccccc4)nc4ccccc34)C[C@@H]12. The number of anilines is 1. The number of aliphatic hydroxyl groups excluding tert-OH is 1. The molecule has 5 heteroatoms. The van der Waals surface area contributed by atoms with Gasteiger partial charge in [0, 0.05) is 35.5 Å². The predicted octanol–water partition coefficient (Wildman–Crippen LogP) is 3.58. The molecule has 29 heavy (non-hydrogen) atoms. The number of nitrogens with zero attached hydrogens (tertiary/aromatic N) is 4. The molecule has 0 amide bonds. The first kappa shape index (κ1) is 18.5. The van der Waals surface area contributed by atoms with Crippen molar-refractivity contribution in [2.75, 3.05) is 38.2 Å². The second kappa shape index (κ2) is 7.39. The molecule has 2 saturated heterocycles. The van der Waals surface area contributed by atoms with Crippen molar-refractivity contribution < 1.29 is 5.11 Å². The van der Waals surface area contributed by atoms with Crippen molar-refractivity contribution in [3.8, 4) is 11.4 Å². The van der Waals surface area contributed by atoms with Crippen LogP contribution < -0.4 is 4.90 Å². The fraction of sp³-hybridized carbons (Fsp3) is 0.417. The van der Waals surface area contributed by atoms with E-state index in [1.165, 1.54) is 6.42 Å². The van der Waals surface area contributed by atoms with Crippen molar-refractivity contribution in [3.05, 3.63) is 54.6 Å². The van der Waals surface area contributed by atoms with Gasteiger partial charge in [-0.2, -0.15) is 0 Å². The Labute approximate surface area is 172 Å². The standard InChI is InChI=1S/C24H28N4O/c1-27-14-7-12-24(17-29)13-15-28(16-21(24)27)23-19-10-5-6-11-20(19)25-22(26-23)18-8-3-2-4-9-18/h2-6,8-11,21,29H,7,12-17H2,1H3/t21-,24-/m1/s1. The highest BCUT2D eigenvalue weighted by atomic mass is 16.3. The van der Waals surface area contributed by atoms with E-state index in [4.69, 9.17) is 9.97 Å². The van der Waals surface area contributed by atoms with Gasteiger partial charge in [-0.1, -0.05) is 42.5 Å². The monoisotopic (exact) mass is 388 g/mol. The number of aliphatic hydroxyl groups is 1. The molecule has 0 aliphatic carbocycles. The highest BCUT2D eigenvalue weighted by Gasteiger charge is 2.46. The minimum Gasteiger partial charge on any atom is -0.396 e. The molecule has 2 aliphatic rings. The van der Waals surface area contributed by atoms with Crippen LogP contribution in [0, 0.1) is 5.41 Å². The summed E-state index contributed by atoms with van der Waals surface area (Å²) in [6.07, 6.45) is 3.28. The first-order valence-corrected chi connectivity index (χ1v) is 10.6. The maximum Gasteiger partial charge on any atom is 0.162 e. The lowest BCUT2D eigenvalue weighted by atomic mass is 9.69. The zero-order chi connectivity index (χ0) is 19.8. The van der Waals surface area contributed by atoms with Crippen molar-refractivity contribution in [2.24, 2.45) is 5.41 Å². The van der Waals surface area contributed by atoms with E-state index in [2.05, 4.69) is 47.2 Å². The molecule has 0 unspecified atom stereocenters. The van der Waals surface area contributed by atoms with Crippen molar-refractivity contribution in [2.45, 2.75) is 25.3 Å². The van der Waals surface area contributed by atoms with Gasteiger partial charge < -0.3 is 14.9 Å². The van der Waals surface area contributed by atoms with E-state index in [0.29, 0.717) is 6.04 Å². The lowest BCUT2D eigenvalue weighted by Crippen LogP contribution is -2.61. The first-order valence-electron chi connectivity index (χ1n) is 10.6. The number of fused-ring (bicyclic) bond motifs is 2. The lowest BCUT2D eigenvalue weighted by molar-refractivity contribution is -0.0277. The van der Waals surface area contributed by atoms with Crippen LogP contribution in [-0.4, -0.2) is 59.3 Å². The highest BCUT2D eigenvalue weighted by molar-refractivity contribution is 5.91. The summed E-state index contributed by atoms with van der Waals surface area (Å²) in [5, 5.41) is 11.3. The molecule has 2 aliphatic heterocycles. The van der Waals surface area contributed by atoms with Crippen LogP contribution >= 0.6 is 0 Å². The zero-order valence-electron chi connectivity index (χ0n) is 17.0. The number of benzene rings is 2. The Morgan fingerprint density at radius 3 is 2.62 bits per heavy atom. The molecule has 5 nitrogen and oxygen atoms in total. The summed E-state index contributed by atoms with van der Waals surface area (Å²) in [4.78, 5) is 14.7. The third-order valence-electron chi connectivity index (χ3n) is 6.93. The molecule has 0 radical (unpaired) electrons. The topological polar surface area (TPSA) is 52.5 Å². The summed E-state index contributed by atoms with van der Waals surface area (Å²) < 4.78 is 0. The van der Waals surface area contributed by atoms with Crippen LogP contribution in [-0.2, 0) is 0 Å². The van der Waals surface area contributed by atoms with E-state index in [9.17, 15) is 5.11 Å². The van der Waals surface area contributed by atoms with Crippen molar-refractivity contribution in [1.82, 2.24) is 14.9 Å². The van der Waals surface area contributed by atoms with Gasteiger partial charge in [0.1, 0.15) is 5.82 Å². The van der Waals surface area contributed by atoms with Crippen LogP contribution in [0.5, 0.6) is 0 Å². The smallest absolute Gasteiger partial charge is 0.162 e. The molecule has 2 aromatic carbocycles. The predicted molar refractivity (Wildman–Crippen MR) is 117 cm³/mol. The van der Waals surface area contributed by atoms with Gasteiger partial charge in [0.15, 0.2) is 5.82 Å². The number of para-hydroxylation sites is 1. The van der Waals surface area contributed by atoms with Crippen LogP contribution in [0.25, 0.3) is 22.3 Å². The average molecular weight is 389 g/mol. The summed E-state index contributed by atoms with van der Waals surface area (Å²) in [6, 6.07) is 18.8. The van der Waals surface area contributed by atoms with E-state index in [1.54, 1.807) is 0 Å². The van der Waals surface area contributed by atoms with Crippen molar-refractivity contribution in [1.29, 1.82) is 0 Å². The quantitative estimate of drug-likeness (QED) is 0.743. The van der Waals surface area contributed by atoms with Crippen molar-refractivity contribution in [3.63, 3.8) is 0 Å². The molecular formula is C24H28N4O. The second-order valence-corrected chi connectivity index (χ2v) is 8.57. The fourth-order valence-electron chi connectivity index (χ4n) is 5.23. The highest BCUT2D eigenvalue weighted by Crippen LogP contribution is 2.43. The maximum atomic E-state index is 10.2. The van der Waals surface area contributed by atoms with Crippen molar-refractivity contribution >= 4 is 16.7 Å². The molecule has 3 aromatic rings.